The van der Waals surface area contributed by atoms with Crippen molar-refractivity contribution in [3.8, 4) is 5.75 Å². The number of hydrazone groups is 1. The Morgan fingerprint density at radius 3 is 2.38 bits per heavy atom. The van der Waals surface area contributed by atoms with Gasteiger partial charge in [0.25, 0.3) is 0 Å². The predicted octanol–water partition coefficient (Wildman–Crippen LogP) is 1.84. The first-order valence-electron chi connectivity index (χ1n) is 8.15. The van der Waals surface area contributed by atoms with Crippen LogP contribution in [0, 0.1) is 5.92 Å². The van der Waals surface area contributed by atoms with E-state index < -0.39 is 9.84 Å². The molecule has 0 radical (unpaired) electrons. The minimum Gasteiger partial charge on any atom is -0.497 e. The number of nitrogens with zero attached hydrogens (tertiary/aromatic N) is 2. The van der Waals surface area contributed by atoms with Crippen LogP contribution in [0.5, 0.6) is 5.75 Å². The maximum absolute atomic E-state index is 12.5. The maximum atomic E-state index is 12.5. The predicted molar refractivity (Wildman–Crippen MR) is 91.8 cm³/mol. The number of benzene rings is 1. The van der Waals surface area contributed by atoms with Crippen LogP contribution in [0.1, 0.15) is 31.7 Å². The zero-order valence-corrected chi connectivity index (χ0v) is 14.8. The Bertz CT molecular complexity index is 741. The number of hydrogen-bond acceptors (Lipinski definition) is 5. The molecule has 6 nitrogen and oxygen atoms in total. The van der Waals surface area contributed by atoms with Crippen LogP contribution in [0.2, 0.25) is 0 Å². The molecule has 0 spiro atoms. The van der Waals surface area contributed by atoms with E-state index in [1.165, 1.54) is 5.01 Å². The van der Waals surface area contributed by atoms with Crippen LogP contribution >= 0.6 is 0 Å². The van der Waals surface area contributed by atoms with Gasteiger partial charge in [0.15, 0.2) is 0 Å². The Morgan fingerprint density at radius 1 is 1.17 bits per heavy atom. The van der Waals surface area contributed by atoms with Crippen molar-refractivity contribution in [2.24, 2.45) is 11.0 Å². The molecule has 3 rings (SSSR count). The molecule has 1 saturated heterocycles. The number of sulfone groups is 1. The summed E-state index contributed by atoms with van der Waals surface area (Å²) in [5, 5.41) is 6.11. The second kappa shape index (κ2) is 6.55. The topological polar surface area (TPSA) is 76.0 Å². The second-order valence-corrected chi connectivity index (χ2v) is 8.75. The number of amides is 1. The van der Waals surface area contributed by atoms with Crippen molar-refractivity contribution in [1.29, 1.82) is 0 Å². The smallest absolute Gasteiger partial charge is 0.246 e. The van der Waals surface area contributed by atoms with Crippen molar-refractivity contribution in [2.45, 2.75) is 32.2 Å². The second-order valence-electron chi connectivity index (χ2n) is 6.45. The summed E-state index contributed by atoms with van der Waals surface area (Å²) in [4.78, 5) is 12.5. The van der Waals surface area contributed by atoms with Crippen LogP contribution in [0.25, 0.3) is 0 Å². The average molecular weight is 350 g/mol. The summed E-state index contributed by atoms with van der Waals surface area (Å²) >= 11 is 0. The molecular weight excluding hydrogens is 328 g/mol. The minimum atomic E-state index is -2.96. The van der Waals surface area contributed by atoms with E-state index >= 15 is 0 Å². The number of methoxy groups -OCH3 is 1. The van der Waals surface area contributed by atoms with Crippen molar-refractivity contribution in [3.63, 3.8) is 0 Å². The van der Waals surface area contributed by atoms with Gasteiger partial charge in [0.2, 0.25) is 5.91 Å². The molecule has 24 heavy (non-hydrogen) atoms. The van der Waals surface area contributed by atoms with Gasteiger partial charge >= 0.3 is 0 Å². The Balaban J connectivity index is 1.85. The summed E-state index contributed by atoms with van der Waals surface area (Å²) in [6, 6.07) is 7.48. The highest BCUT2D eigenvalue weighted by Crippen LogP contribution is 2.27. The molecule has 0 N–H and O–H groups in total. The molecule has 0 bridgehead atoms. The van der Waals surface area contributed by atoms with Gasteiger partial charge in [0, 0.05) is 12.3 Å². The van der Waals surface area contributed by atoms with E-state index in [1.807, 2.05) is 31.2 Å². The lowest BCUT2D eigenvalue weighted by Gasteiger charge is -2.35. The van der Waals surface area contributed by atoms with Gasteiger partial charge in [-0.1, -0.05) is 6.92 Å². The first-order chi connectivity index (χ1) is 11.4. The van der Waals surface area contributed by atoms with Crippen LogP contribution < -0.4 is 4.74 Å². The molecule has 2 aliphatic rings. The summed E-state index contributed by atoms with van der Waals surface area (Å²) in [7, 11) is -1.34. The van der Waals surface area contributed by atoms with Crippen molar-refractivity contribution in [3.05, 3.63) is 29.8 Å². The molecule has 1 atom stereocenters. The highest BCUT2D eigenvalue weighted by Gasteiger charge is 2.36. The maximum Gasteiger partial charge on any atom is 0.246 e. The fourth-order valence-electron chi connectivity index (χ4n) is 3.17. The summed E-state index contributed by atoms with van der Waals surface area (Å²) < 4.78 is 28.4. The fraction of sp³-hybridized carbons (Fsp3) is 0.529. The SMILES string of the molecule is COc1ccc(C2=NN(C3CCS(=O)(=O)CC3)C(=O)C(C)C2)cc1. The Kier molecular flexibility index (Phi) is 4.62. The fourth-order valence-corrected chi connectivity index (χ4v) is 4.63. The Hall–Kier alpha value is -1.89. The van der Waals surface area contributed by atoms with Crippen molar-refractivity contribution < 1.29 is 17.9 Å². The van der Waals surface area contributed by atoms with Crippen molar-refractivity contribution >= 4 is 21.5 Å². The van der Waals surface area contributed by atoms with E-state index in [0.29, 0.717) is 19.3 Å². The Morgan fingerprint density at radius 2 is 1.79 bits per heavy atom. The first kappa shape index (κ1) is 17.0. The summed E-state index contributed by atoms with van der Waals surface area (Å²) in [6.45, 7) is 1.90. The zero-order chi connectivity index (χ0) is 17.3. The molecule has 0 saturated carbocycles. The molecular formula is C17H22N2O4S. The van der Waals surface area contributed by atoms with Crippen LogP contribution in [0.15, 0.2) is 29.4 Å². The molecule has 1 aromatic carbocycles. The zero-order valence-electron chi connectivity index (χ0n) is 13.9. The number of rotatable bonds is 3. The summed E-state index contributed by atoms with van der Waals surface area (Å²) in [5.41, 5.74) is 1.82. The lowest BCUT2D eigenvalue weighted by Crippen LogP contribution is -2.46. The number of hydrogen-bond donors (Lipinski definition) is 0. The van der Waals surface area contributed by atoms with E-state index in [2.05, 4.69) is 5.10 Å². The van der Waals surface area contributed by atoms with Crippen LogP contribution in [0.3, 0.4) is 0 Å². The van der Waals surface area contributed by atoms with Gasteiger partial charge in [0.1, 0.15) is 15.6 Å². The first-order valence-corrected chi connectivity index (χ1v) is 9.97. The highest BCUT2D eigenvalue weighted by molar-refractivity contribution is 7.91. The summed E-state index contributed by atoms with van der Waals surface area (Å²) in [5.74, 6) is 0.857. The molecule has 0 aromatic heterocycles. The van der Waals surface area contributed by atoms with E-state index in [0.717, 1.165) is 17.0 Å². The molecule has 1 aromatic rings. The lowest BCUT2D eigenvalue weighted by molar-refractivity contribution is -0.138. The van der Waals surface area contributed by atoms with E-state index in [1.54, 1.807) is 7.11 Å². The van der Waals surface area contributed by atoms with Gasteiger partial charge in [-0.25, -0.2) is 13.4 Å². The molecule has 1 unspecified atom stereocenters. The van der Waals surface area contributed by atoms with Crippen LogP contribution in [-0.4, -0.2) is 49.7 Å². The lowest BCUT2D eigenvalue weighted by atomic mass is 9.95. The van der Waals surface area contributed by atoms with Crippen LogP contribution in [-0.2, 0) is 14.6 Å². The Labute approximate surface area is 142 Å². The summed E-state index contributed by atoms with van der Waals surface area (Å²) in [6.07, 6.45) is 1.51. The van der Waals surface area contributed by atoms with Crippen LogP contribution in [0.4, 0.5) is 0 Å². The van der Waals surface area contributed by atoms with Gasteiger partial charge in [-0.2, -0.15) is 5.10 Å². The monoisotopic (exact) mass is 350 g/mol. The molecule has 0 aliphatic carbocycles. The standard InChI is InChI=1S/C17H22N2O4S/c1-12-11-16(13-3-5-15(23-2)6-4-13)18-19(17(12)20)14-7-9-24(21,22)10-8-14/h3-6,12,14H,7-11H2,1-2H3. The molecule has 1 fully saturated rings. The average Bonchev–Trinajstić information content (AvgIpc) is 2.57. The van der Waals surface area contributed by atoms with Gasteiger partial charge < -0.3 is 4.74 Å². The molecule has 1 amide bonds. The van der Waals surface area contributed by atoms with Crippen molar-refractivity contribution in [1.82, 2.24) is 5.01 Å². The quantitative estimate of drug-likeness (QED) is 0.834. The highest BCUT2D eigenvalue weighted by atomic mass is 32.2. The normalized spacial score (nSPS) is 24.6. The molecule has 7 heteroatoms. The third-order valence-corrected chi connectivity index (χ3v) is 6.38. The molecule has 2 aliphatic heterocycles. The third-order valence-electron chi connectivity index (χ3n) is 4.67. The molecule has 2 heterocycles. The van der Waals surface area contributed by atoms with Crippen molar-refractivity contribution in [2.75, 3.05) is 18.6 Å². The largest absolute Gasteiger partial charge is 0.497 e. The number of carbonyl (C=O) groups excluding carboxylic acids is 1. The van der Waals surface area contributed by atoms with Gasteiger partial charge in [0.05, 0.1) is 30.4 Å². The number of carbonyl (C=O) groups is 1. The number of ether oxygens (including phenoxy) is 1. The molecule has 130 valence electrons. The third kappa shape index (κ3) is 3.45. The van der Waals surface area contributed by atoms with E-state index in [-0.39, 0.29) is 29.4 Å². The van der Waals surface area contributed by atoms with Gasteiger partial charge in [-0.15, -0.1) is 0 Å². The minimum absolute atomic E-state index is 0.0171. The van der Waals surface area contributed by atoms with Gasteiger partial charge in [-0.3, -0.25) is 4.79 Å². The van der Waals surface area contributed by atoms with E-state index in [4.69, 9.17) is 4.74 Å². The van der Waals surface area contributed by atoms with E-state index in [9.17, 15) is 13.2 Å². The van der Waals surface area contributed by atoms with Gasteiger partial charge in [-0.05, 0) is 42.7 Å².